The molecule has 0 unspecified atom stereocenters. The Kier molecular flexibility index (Phi) is 6.79. The van der Waals surface area contributed by atoms with Crippen molar-refractivity contribution >= 4 is 24.8 Å². The van der Waals surface area contributed by atoms with Crippen LogP contribution in [0.25, 0.3) is 0 Å². The van der Waals surface area contributed by atoms with Gasteiger partial charge in [-0.1, -0.05) is 0 Å². The molecule has 0 amide bonds. The molecule has 1 aliphatic heterocycles. The first-order valence-corrected chi connectivity index (χ1v) is 4.45. The lowest BCUT2D eigenvalue weighted by Gasteiger charge is -2.21. The van der Waals surface area contributed by atoms with Gasteiger partial charge in [0.1, 0.15) is 0 Å². The molecule has 0 atom stereocenters. The van der Waals surface area contributed by atoms with Crippen LogP contribution in [0.5, 0.6) is 0 Å². The van der Waals surface area contributed by atoms with Crippen molar-refractivity contribution in [3.8, 4) is 0 Å². The summed E-state index contributed by atoms with van der Waals surface area (Å²) < 4.78 is 0. The normalized spacial score (nSPS) is 16.6. The Balaban J connectivity index is 0.000000845. The lowest BCUT2D eigenvalue weighted by Crippen LogP contribution is -2.27. The first-order chi connectivity index (χ1) is 5.97. The number of aromatic nitrogens is 2. The van der Waals surface area contributed by atoms with E-state index in [0.717, 1.165) is 18.8 Å². The number of hydrogen-bond donors (Lipinski definition) is 1. The zero-order chi connectivity index (χ0) is 8.23. The second kappa shape index (κ2) is 6.98. The summed E-state index contributed by atoms with van der Waals surface area (Å²) in [6, 6.07) is 4.04. The van der Waals surface area contributed by atoms with Crippen LogP contribution in [0, 0.1) is 0 Å². The number of nitrogens with one attached hydrogen (secondary N) is 1. The third kappa shape index (κ3) is 3.40. The zero-order valence-corrected chi connectivity index (χ0v) is 9.48. The van der Waals surface area contributed by atoms with Gasteiger partial charge < -0.3 is 5.32 Å². The molecule has 80 valence electrons. The largest absolute Gasteiger partial charge is 0.317 e. The predicted octanol–water partition coefficient (Wildman–Crippen LogP) is 1.79. The van der Waals surface area contributed by atoms with E-state index in [2.05, 4.69) is 21.6 Å². The van der Waals surface area contributed by atoms with E-state index in [-0.39, 0.29) is 24.8 Å². The summed E-state index contributed by atoms with van der Waals surface area (Å²) in [6.07, 6.45) is 4.11. The number of rotatable bonds is 1. The molecule has 0 spiro atoms. The lowest BCUT2D eigenvalue weighted by molar-refractivity contribution is 0.450. The molecule has 1 N–H and O–H groups in total. The molecule has 2 rings (SSSR count). The van der Waals surface area contributed by atoms with Crippen LogP contribution >= 0.6 is 24.8 Å². The molecule has 3 nitrogen and oxygen atoms in total. The molecular weight excluding hydrogens is 221 g/mol. The fourth-order valence-electron chi connectivity index (χ4n) is 1.65. The van der Waals surface area contributed by atoms with Crippen LogP contribution in [-0.2, 0) is 0 Å². The first-order valence-electron chi connectivity index (χ1n) is 4.45. The Bertz CT molecular complexity index is 237. The number of piperidine rings is 1. The third-order valence-corrected chi connectivity index (χ3v) is 2.35. The fraction of sp³-hybridized carbons (Fsp3) is 0.556. The standard InChI is InChI=1S/C9H13N3.2ClH/c1-2-9(12-11-5-1)8-3-6-10-7-4-8;;/h1-2,5,8,10H,3-4,6-7H2;2*1H. The van der Waals surface area contributed by atoms with Gasteiger partial charge in [-0.3, -0.25) is 0 Å². The molecule has 14 heavy (non-hydrogen) atoms. The van der Waals surface area contributed by atoms with Crippen molar-refractivity contribution < 1.29 is 0 Å². The van der Waals surface area contributed by atoms with Crippen molar-refractivity contribution in [1.82, 2.24) is 15.5 Å². The van der Waals surface area contributed by atoms with Crippen LogP contribution in [0.2, 0.25) is 0 Å². The molecule has 0 bridgehead atoms. The van der Waals surface area contributed by atoms with Gasteiger partial charge in [-0.15, -0.1) is 24.8 Å². The first kappa shape index (κ1) is 13.6. The third-order valence-electron chi connectivity index (χ3n) is 2.35. The Morgan fingerprint density at radius 2 is 1.93 bits per heavy atom. The lowest BCUT2D eigenvalue weighted by atomic mass is 9.95. The molecule has 1 fully saturated rings. The van der Waals surface area contributed by atoms with E-state index in [4.69, 9.17) is 0 Å². The molecular formula is C9H15Cl2N3. The molecule has 1 aliphatic rings. The molecule has 1 saturated heterocycles. The average Bonchev–Trinajstić information content (AvgIpc) is 2.21. The summed E-state index contributed by atoms with van der Waals surface area (Å²) in [5.74, 6) is 0.625. The maximum absolute atomic E-state index is 4.12. The number of hydrogen-bond acceptors (Lipinski definition) is 3. The van der Waals surface area contributed by atoms with Crippen LogP contribution in [0.4, 0.5) is 0 Å². The van der Waals surface area contributed by atoms with Gasteiger partial charge in [0.2, 0.25) is 0 Å². The number of nitrogens with zero attached hydrogens (tertiary/aromatic N) is 2. The van der Waals surface area contributed by atoms with Crippen LogP contribution in [0.15, 0.2) is 18.3 Å². The van der Waals surface area contributed by atoms with Gasteiger partial charge in [0.25, 0.3) is 0 Å². The molecule has 0 aromatic carbocycles. The van der Waals surface area contributed by atoms with Crippen molar-refractivity contribution in [2.45, 2.75) is 18.8 Å². The minimum absolute atomic E-state index is 0. The summed E-state index contributed by atoms with van der Waals surface area (Å²) in [6.45, 7) is 2.22. The van der Waals surface area contributed by atoms with Gasteiger partial charge in [0, 0.05) is 12.1 Å². The highest BCUT2D eigenvalue weighted by Crippen LogP contribution is 2.21. The second-order valence-electron chi connectivity index (χ2n) is 3.17. The molecule has 1 aromatic rings. The highest BCUT2D eigenvalue weighted by Gasteiger charge is 2.15. The Labute approximate surface area is 96.5 Å². The summed E-state index contributed by atoms with van der Waals surface area (Å²) in [4.78, 5) is 0. The van der Waals surface area contributed by atoms with E-state index >= 15 is 0 Å². The summed E-state index contributed by atoms with van der Waals surface area (Å²) >= 11 is 0. The van der Waals surface area contributed by atoms with E-state index in [1.807, 2.05) is 6.07 Å². The average molecular weight is 236 g/mol. The van der Waals surface area contributed by atoms with Crippen molar-refractivity contribution in [2.75, 3.05) is 13.1 Å². The molecule has 0 aliphatic carbocycles. The van der Waals surface area contributed by atoms with Crippen molar-refractivity contribution in [3.63, 3.8) is 0 Å². The molecule has 0 saturated carbocycles. The van der Waals surface area contributed by atoms with Gasteiger partial charge in [-0.05, 0) is 38.1 Å². The van der Waals surface area contributed by atoms with Crippen LogP contribution in [0.3, 0.4) is 0 Å². The van der Waals surface area contributed by atoms with E-state index in [9.17, 15) is 0 Å². The van der Waals surface area contributed by atoms with Gasteiger partial charge in [0.15, 0.2) is 0 Å². The summed E-state index contributed by atoms with van der Waals surface area (Å²) in [5.41, 5.74) is 1.15. The van der Waals surface area contributed by atoms with E-state index in [1.54, 1.807) is 6.20 Å². The highest BCUT2D eigenvalue weighted by molar-refractivity contribution is 5.85. The minimum Gasteiger partial charge on any atom is -0.317 e. The molecule has 0 radical (unpaired) electrons. The smallest absolute Gasteiger partial charge is 0.0662 e. The van der Waals surface area contributed by atoms with Crippen molar-refractivity contribution in [2.24, 2.45) is 0 Å². The summed E-state index contributed by atoms with van der Waals surface area (Å²) in [5, 5.41) is 11.4. The monoisotopic (exact) mass is 235 g/mol. The van der Waals surface area contributed by atoms with Crippen LogP contribution < -0.4 is 5.32 Å². The molecule has 5 heteroatoms. The quantitative estimate of drug-likeness (QED) is 0.807. The maximum atomic E-state index is 4.12. The second-order valence-corrected chi connectivity index (χ2v) is 3.17. The van der Waals surface area contributed by atoms with Crippen molar-refractivity contribution in [1.29, 1.82) is 0 Å². The van der Waals surface area contributed by atoms with E-state index < -0.39 is 0 Å². The topological polar surface area (TPSA) is 37.8 Å². The van der Waals surface area contributed by atoms with E-state index in [1.165, 1.54) is 12.8 Å². The van der Waals surface area contributed by atoms with Crippen LogP contribution in [0.1, 0.15) is 24.5 Å². The number of halogens is 2. The SMILES string of the molecule is Cl.Cl.c1cnnc(C2CCNCC2)c1. The summed E-state index contributed by atoms with van der Waals surface area (Å²) in [7, 11) is 0. The molecule has 1 aromatic heterocycles. The highest BCUT2D eigenvalue weighted by atomic mass is 35.5. The van der Waals surface area contributed by atoms with Gasteiger partial charge in [-0.25, -0.2) is 0 Å². The van der Waals surface area contributed by atoms with Gasteiger partial charge >= 0.3 is 0 Å². The molecule has 2 heterocycles. The minimum atomic E-state index is 0. The Morgan fingerprint density at radius 1 is 1.21 bits per heavy atom. The fourth-order valence-corrected chi connectivity index (χ4v) is 1.65. The Morgan fingerprint density at radius 3 is 2.50 bits per heavy atom. The maximum Gasteiger partial charge on any atom is 0.0662 e. The van der Waals surface area contributed by atoms with E-state index in [0.29, 0.717) is 5.92 Å². The Hall–Kier alpha value is -0.380. The van der Waals surface area contributed by atoms with Crippen LogP contribution in [-0.4, -0.2) is 23.3 Å². The van der Waals surface area contributed by atoms with Gasteiger partial charge in [0.05, 0.1) is 5.69 Å². The van der Waals surface area contributed by atoms with Crippen molar-refractivity contribution in [3.05, 3.63) is 24.0 Å². The predicted molar refractivity (Wildman–Crippen MR) is 61.4 cm³/mol. The zero-order valence-electron chi connectivity index (χ0n) is 7.85. The van der Waals surface area contributed by atoms with Gasteiger partial charge in [-0.2, -0.15) is 10.2 Å².